The zero-order chi connectivity index (χ0) is 15.5. The van der Waals surface area contributed by atoms with E-state index in [0.29, 0.717) is 24.5 Å². The lowest BCUT2D eigenvalue weighted by atomic mass is 9.75. The van der Waals surface area contributed by atoms with Crippen molar-refractivity contribution in [2.45, 2.75) is 37.8 Å². The Balaban J connectivity index is 1.98. The van der Waals surface area contributed by atoms with Crippen molar-refractivity contribution in [3.8, 4) is 11.5 Å². The van der Waals surface area contributed by atoms with E-state index in [4.69, 9.17) is 15.2 Å². The van der Waals surface area contributed by atoms with Gasteiger partial charge in [-0.2, -0.15) is 0 Å². The van der Waals surface area contributed by atoms with E-state index in [9.17, 15) is 4.79 Å². The van der Waals surface area contributed by atoms with E-state index in [1.807, 2.05) is 18.2 Å². The van der Waals surface area contributed by atoms with Crippen molar-refractivity contribution in [3.63, 3.8) is 0 Å². The van der Waals surface area contributed by atoms with Crippen molar-refractivity contribution in [2.75, 3.05) is 21.3 Å². The van der Waals surface area contributed by atoms with E-state index >= 15 is 0 Å². The lowest BCUT2D eigenvalue weighted by molar-refractivity contribution is -0.132. The number of nitrogens with zero attached hydrogens (tertiary/aromatic N) is 1. The summed E-state index contributed by atoms with van der Waals surface area (Å²) >= 11 is 0. The third-order valence-corrected chi connectivity index (χ3v) is 4.15. The molecule has 2 N–H and O–H groups in total. The molecular formula is C16H24N2O3. The summed E-state index contributed by atoms with van der Waals surface area (Å²) in [6.07, 6.45) is 3.45. The molecule has 0 unspecified atom stereocenters. The number of carbonyl (C=O) groups excluding carboxylic acids is 1. The third-order valence-electron chi connectivity index (χ3n) is 4.15. The van der Waals surface area contributed by atoms with Crippen molar-refractivity contribution in [2.24, 2.45) is 5.73 Å². The number of ether oxygens (including phenoxy) is 2. The van der Waals surface area contributed by atoms with Gasteiger partial charge < -0.3 is 20.1 Å². The maximum Gasteiger partial charge on any atom is 0.224 e. The fraction of sp³-hybridized carbons (Fsp3) is 0.562. The minimum atomic E-state index is -0.275. The number of rotatable bonds is 6. The Bertz CT molecular complexity index is 512. The van der Waals surface area contributed by atoms with Crippen LogP contribution >= 0.6 is 0 Å². The number of nitrogens with two attached hydrogens (primary N) is 1. The van der Waals surface area contributed by atoms with Gasteiger partial charge in [-0.15, -0.1) is 0 Å². The molecule has 1 aromatic rings. The number of hydrogen-bond acceptors (Lipinski definition) is 4. The van der Waals surface area contributed by atoms with E-state index in [-0.39, 0.29) is 11.4 Å². The number of carbonyl (C=O) groups is 1. The smallest absolute Gasteiger partial charge is 0.224 e. The van der Waals surface area contributed by atoms with E-state index in [1.54, 1.807) is 26.2 Å². The van der Waals surface area contributed by atoms with Gasteiger partial charge >= 0.3 is 0 Å². The molecule has 0 heterocycles. The number of amides is 1. The van der Waals surface area contributed by atoms with Gasteiger partial charge in [0.15, 0.2) is 11.5 Å². The normalized spacial score (nSPS) is 16.0. The Kier molecular flexibility index (Phi) is 4.73. The van der Waals surface area contributed by atoms with E-state index < -0.39 is 0 Å². The molecule has 0 radical (unpaired) electrons. The molecule has 1 aromatic carbocycles. The van der Waals surface area contributed by atoms with Gasteiger partial charge in [-0.1, -0.05) is 6.07 Å². The standard InChI is InChI=1S/C16H24N2O3/c1-18(15(19)10-16(17)7-4-8-16)11-12-5-6-13(20-2)14(9-12)21-3/h5-6,9H,4,7-8,10-11,17H2,1-3H3. The molecule has 5 heteroatoms. The van der Waals surface area contributed by atoms with Gasteiger partial charge in [0.05, 0.1) is 14.2 Å². The highest BCUT2D eigenvalue weighted by Gasteiger charge is 2.35. The van der Waals surface area contributed by atoms with E-state index in [0.717, 1.165) is 24.8 Å². The molecule has 0 bridgehead atoms. The van der Waals surface area contributed by atoms with Crippen molar-refractivity contribution >= 4 is 5.91 Å². The van der Waals surface area contributed by atoms with Crippen LogP contribution in [0.3, 0.4) is 0 Å². The second-order valence-electron chi connectivity index (χ2n) is 5.83. The van der Waals surface area contributed by atoms with Crippen LogP contribution in [0.4, 0.5) is 0 Å². The van der Waals surface area contributed by atoms with Gasteiger partial charge in [0.2, 0.25) is 5.91 Å². The highest BCUT2D eigenvalue weighted by atomic mass is 16.5. The highest BCUT2D eigenvalue weighted by Crippen LogP contribution is 2.33. The van der Waals surface area contributed by atoms with Crippen LogP contribution in [0.5, 0.6) is 11.5 Å². The Morgan fingerprint density at radius 1 is 1.29 bits per heavy atom. The summed E-state index contributed by atoms with van der Waals surface area (Å²) in [4.78, 5) is 13.9. The van der Waals surface area contributed by atoms with Crippen molar-refractivity contribution in [3.05, 3.63) is 23.8 Å². The second-order valence-corrected chi connectivity index (χ2v) is 5.83. The first kappa shape index (κ1) is 15.6. The molecule has 116 valence electrons. The van der Waals surface area contributed by atoms with Crippen LogP contribution in [0.1, 0.15) is 31.2 Å². The van der Waals surface area contributed by atoms with Crippen molar-refractivity contribution < 1.29 is 14.3 Å². The molecule has 0 aliphatic heterocycles. The Morgan fingerprint density at radius 2 is 1.95 bits per heavy atom. The molecule has 5 nitrogen and oxygen atoms in total. The molecule has 1 saturated carbocycles. The molecule has 0 atom stereocenters. The SMILES string of the molecule is COc1ccc(CN(C)C(=O)CC2(N)CCC2)cc1OC. The predicted molar refractivity (Wildman–Crippen MR) is 81.4 cm³/mol. The Labute approximate surface area is 126 Å². The maximum absolute atomic E-state index is 12.2. The molecular weight excluding hydrogens is 268 g/mol. The van der Waals surface area contributed by atoms with Crippen LogP contribution in [-0.2, 0) is 11.3 Å². The van der Waals surface area contributed by atoms with Crippen LogP contribution < -0.4 is 15.2 Å². The van der Waals surface area contributed by atoms with Gasteiger partial charge in [-0.25, -0.2) is 0 Å². The first-order valence-corrected chi connectivity index (χ1v) is 7.21. The average Bonchev–Trinajstić information content (AvgIpc) is 2.45. The lowest BCUT2D eigenvalue weighted by Crippen LogP contribution is -2.50. The van der Waals surface area contributed by atoms with Crippen LogP contribution in [0.2, 0.25) is 0 Å². The van der Waals surface area contributed by atoms with Gasteiger partial charge in [-0.05, 0) is 37.0 Å². The monoisotopic (exact) mass is 292 g/mol. The van der Waals surface area contributed by atoms with Crippen molar-refractivity contribution in [1.29, 1.82) is 0 Å². The number of methoxy groups -OCH3 is 2. The summed E-state index contributed by atoms with van der Waals surface area (Å²) in [5.74, 6) is 1.45. The highest BCUT2D eigenvalue weighted by molar-refractivity contribution is 5.77. The van der Waals surface area contributed by atoms with Gasteiger partial charge in [-0.3, -0.25) is 4.79 Å². The fourth-order valence-electron chi connectivity index (χ4n) is 2.58. The molecule has 21 heavy (non-hydrogen) atoms. The van der Waals surface area contributed by atoms with E-state index in [1.165, 1.54) is 0 Å². The van der Waals surface area contributed by atoms with Crippen molar-refractivity contribution in [1.82, 2.24) is 4.90 Å². The third kappa shape index (κ3) is 3.67. The van der Waals surface area contributed by atoms with Crippen LogP contribution in [0, 0.1) is 0 Å². The molecule has 1 aliphatic rings. The zero-order valence-corrected chi connectivity index (χ0v) is 13.0. The number of benzene rings is 1. The minimum absolute atomic E-state index is 0.0898. The lowest BCUT2D eigenvalue weighted by Gasteiger charge is -2.38. The van der Waals surface area contributed by atoms with Gasteiger partial charge in [0.1, 0.15) is 0 Å². The zero-order valence-electron chi connectivity index (χ0n) is 13.0. The van der Waals surface area contributed by atoms with Crippen LogP contribution in [-0.4, -0.2) is 37.6 Å². The molecule has 0 aromatic heterocycles. The second kappa shape index (κ2) is 6.35. The molecule has 0 saturated heterocycles. The van der Waals surface area contributed by atoms with Crippen LogP contribution in [0.15, 0.2) is 18.2 Å². The summed E-state index contributed by atoms with van der Waals surface area (Å²) in [6.45, 7) is 0.537. The Hall–Kier alpha value is -1.75. The summed E-state index contributed by atoms with van der Waals surface area (Å²) < 4.78 is 10.5. The predicted octanol–water partition coefficient (Wildman–Crippen LogP) is 1.93. The Morgan fingerprint density at radius 3 is 2.48 bits per heavy atom. The quantitative estimate of drug-likeness (QED) is 0.870. The summed E-state index contributed by atoms with van der Waals surface area (Å²) in [6, 6.07) is 5.68. The minimum Gasteiger partial charge on any atom is -0.493 e. The molecule has 1 aliphatic carbocycles. The number of hydrogen-bond donors (Lipinski definition) is 1. The van der Waals surface area contributed by atoms with Gasteiger partial charge in [0.25, 0.3) is 0 Å². The average molecular weight is 292 g/mol. The first-order chi connectivity index (χ1) is 9.97. The first-order valence-electron chi connectivity index (χ1n) is 7.21. The summed E-state index contributed by atoms with van der Waals surface area (Å²) in [7, 11) is 5.01. The van der Waals surface area contributed by atoms with Crippen LogP contribution in [0.25, 0.3) is 0 Å². The summed E-state index contributed by atoms with van der Waals surface area (Å²) in [5, 5.41) is 0. The molecule has 1 amide bonds. The maximum atomic E-state index is 12.2. The summed E-state index contributed by atoms with van der Waals surface area (Å²) in [5.41, 5.74) is 6.86. The molecule has 1 fully saturated rings. The fourth-order valence-corrected chi connectivity index (χ4v) is 2.58. The largest absolute Gasteiger partial charge is 0.493 e. The topological polar surface area (TPSA) is 64.8 Å². The molecule has 2 rings (SSSR count). The van der Waals surface area contributed by atoms with E-state index in [2.05, 4.69) is 0 Å². The van der Waals surface area contributed by atoms with Gasteiger partial charge in [0, 0.05) is 25.6 Å². The molecule has 0 spiro atoms.